The third-order valence-corrected chi connectivity index (χ3v) is 4.46. The van der Waals surface area contributed by atoms with Gasteiger partial charge in [-0.1, -0.05) is 40.5 Å². The second-order valence-electron chi connectivity index (χ2n) is 5.98. The lowest BCUT2D eigenvalue weighted by Gasteiger charge is -2.11. The predicted molar refractivity (Wildman–Crippen MR) is 105 cm³/mol. The van der Waals surface area contributed by atoms with Crippen molar-refractivity contribution in [2.45, 2.75) is 20.5 Å². The maximum atomic E-state index is 12.2. The number of benzene rings is 2. The first-order valence-electron chi connectivity index (χ1n) is 8.07. The summed E-state index contributed by atoms with van der Waals surface area (Å²) < 4.78 is 2.40. The highest BCUT2D eigenvalue weighted by Gasteiger charge is 2.13. The maximum absolute atomic E-state index is 12.2. The van der Waals surface area contributed by atoms with Gasteiger partial charge in [0.2, 0.25) is 0 Å². The van der Waals surface area contributed by atoms with Crippen LogP contribution in [0.4, 0.5) is 0 Å². The molecule has 0 bridgehead atoms. The van der Waals surface area contributed by atoms with E-state index < -0.39 is 0 Å². The van der Waals surface area contributed by atoms with Gasteiger partial charge in [0.25, 0.3) is 0 Å². The van der Waals surface area contributed by atoms with E-state index in [9.17, 15) is 4.79 Å². The van der Waals surface area contributed by atoms with Gasteiger partial charge in [0.05, 0.1) is 11.4 Å². The standard InChI is InChI=1S/C18H17Cl2N5O2/c1-11-5-4-6-17(25-18(26)24(3)22-23-25)16(11)10-27-21-12(2)13-7-14(19)9-15(20)8-13/h4-9H,10H2,1-3H3/b21-12-. The third-order valence-electron chi connectivity index (χ3n) is 4.03. The largest absolute Gasteiger partial charge is 0.391 e. The fourth-order valence-corrected chi connectivity index (χ4v) is 3.07. The Hall–Kier alpha value is -2.64. The molecule has 0 radical (unpaired) electrons. The first-order chi connectivity index (χ1) is 12.9. The molecular weight excluding hydrogens is 389 g/mol. The van der Waals surface area contributed by atoms with Crippen molar-refractivity contribution in [3.05, 3.63) is 73.6 Å². The smallest absolute Gasteiger partial charge is 0.368 e. The number of rotatable bonds is 5. The van der Waals surface area contributed by atoms with Gasteiger partial charge in [-0.25, -0.2) is 4.79 Å². The monoisotopic (exact) mass is 405 g/mol. The van der Waals surface area contributed by atoms with E-state index in [0.717, 1.165) is 21.4 Å². The van der Waals surface area contributed by atoms with E-state index in [1.54, 1.807) is 38.2 Å². The molecule has 0 unspecified atom stereocenters. The van der Waals surface area contributed by atoms with Crippen molar-refractivity contribution in [1.29, 1.82) is 0 Å². The zero-order valence-electron chi connectivity index (χ0n) is 15.0. The molecule has 1 heterocycles. The fourth-order valence-electron chi connectivity index (χ4n) is 2.55. The third kappa shape index (κ3) is 4.20. The summed E-state index contributed by atoms with van der Waals surface area (Å²) in [7, 11) is 1.54. The first kappa shape index (κ1) is 19.1. The number of oxime groups is 1. The summed E-state index contributed by atoms with van der Waals surface area (Å²) in [6.45, 7) is 3.89. The lowest BCUT2D eigenvalue weighted by atomic mass is 10.1. The first-order valence-corrected chi connectivity index (χ1v) is 8.83. The second kappa shape index (κ2) is 7.94. The molecular formula is C18H17Cl2N5O2. The van der Waals surface area contributed by atoms with Crippen molar-refractivity contribution >= 4 is 28.9 Å². The van der Waals surface area contributed by atoms with Gasteiger partial charge < -0.3 is 4.84 Å². The normalized spacial score (nSPS) is 11.7. The lowest BCUT2D eigenvalue weighted by molar-refractivity contribution is 0.130. The molecule has 0 saturated carbocycles. The minimum atomic E-state index is -0.338. The molecule has 3 rings (SSSR count). The molecule has 9 heteroatoms. The Morgan fingerprint density at radius 2 is 1.89 bits per heavy atom. The Bertz CT molecular complexity index is 1050. The van der Waals surface area contributed by atoms with Crippen LogP contribution in [0.3, 0.4) is 0 Å². The molecule has 140 valence electrons. The van der Waals surface area contributed by atoms with Crippen LogP contribution in [0.5, 0.6) is 0 Å². The van der Waals surface area contributed by atoms with Crippen LogP contribution >= 0.6 is 23.2 Å². The number of aromatic nitrogens is 4. The number of nitrogens with zero attached hydrogens (tertiary/aromatic N) is 5. The number of hydrogen-bond acceptors (Lipinski definition) is 5. The van der Waals surface area contributed by atoms with Gasteiger partial charge in [-0.05, 0) is 54.1 Å². The Labute approximate surface area is 165 Å². The van der Waals surface area contributed by atoms with E-state index in [2.05, 4.69) is 15.6 Å². The molecule has 3 aromatic rings. The zero-order chi connectivity index (χ0) is 19.6. The van der Waals surface area contributed by atoms with Gasteiger partial charge in [0.15, 0.2) is 0 Å². The van der Waals surface area contributed by atoms with Crippen LogP contribution in [0.25, 0.3) is 5.69 Å². The summed E-state index contributed by atoms with van der Waals surface area (Å²) in [6.07, 6.45) is 0. The van der Waals surface area contributed by atoms with E-state index in [1.165, 1.54) is 4.68 Å². The minimum Gasteiger partial charge on any atom is -0.391 e. The Kier molecular flexibility index (Phi) is 5.62. The molecule has 0 N–H and O–H groups in total. The van der Waals surface area contributed by atoms with E-state index in [-0.39, 0.29) is 12.3 Å². The van der Waals surface area contributed by atoms with Crippen LogP contribution in [-0.2, 0) is 18.5 Å². The van der Waals surface area contributed by atoms with Crippen molar-refractivity contribution in [2.75, 3.05) is 0 Å². The van der Waals surface area contributed by atoms with Crippen LogP contribution in [0, 0.1) is 6.92 Å². The number of aryl methyl sites for hydroxylation is 2. The van der Waals surface area contributed by atoms with E-state index in [0.29, 0.717) is 21.4 Å². The van der Waals surface area contributed by atoms with Crippen molar-refractivity contribution in [2.24, 2.45) is 12.2 Å². The van der Waals surface area contributed by atoms with Crippen LogP contribution < -0.4 is 5.69 Å². The molecule has 7 nitrogen and oxygen atoms in total. The molecule has 0 aliphatic carbocycles. The molecule has 0 amide bonds. The Balaban J connectivity index is 1.86. The highest BCUT2D eigenvalue weighted by molar-refractivity contribution is 6.35. The summed E-state index contributed by atoms with van der Waals surface area (Å²) in [4.78, 5) is 17.7. The number of tetrazole rings is 1. The summed E-state index contributed by atoms with van der Waals surface area (Å²) in [5.74, 6) is 0. The summed E-state index contributed by atoms with van der Waals surface area (Å²) in [5, 5.41) is 12.8. The molecule has 0 spiro atoms. The van der Waals surface area contributed by atoms with Crippen molar-refractivity contribution < 1.29 is 4.84 Å². The SMILES string of the molecule is C/C(=N/OCc1c(C)cccc1-n1nnn(C)c1=O)c1cc(Cl)cc(Cl)c1. The summed E-state index contributed by atoms with van der Waals surface area (Å²) in [6, 6.07) is 10.7. The van der Waals surface area contributed by atoms with Gasteiger partial charge in [-0.2, -0.15) is 9.36 Å². The molecule has 1 aromatic heterocycles. The Morgan fingerprint density at radius 1 is 1.19 bits per heavy atom. The average Bonchev–Trinajstić information content (AvgIpc) is 2.94. The van der Waals surface area contributed by atoms with Crippen LogP contribution in [0.15, 0.2) is 46.3 Å². The summed E-state index contributed by atoms with van der Waals surface area (Å²) >= 11 is 12.0. The minimum absolute atomic E-state index is 0.163. The van der Waals surface area contributed by atoms with Crippen LogP contribution in [-0.4, -0.2) is 25.5 Å². The maximum Gasteiger partial charge on any atom is 0.368 e. The highest BCUT2D eigenvalue weighted by Crippen LogP contribution is 2.21. The molecule has 0 fully saturated rings. The molecule has 0 saturated heterocycles. The van der Waals surface area contributed by atoms with E-state index in [4.69, 9.17) is 28.0 Å². The molecule has 2 aromatic carbocycles. The average molecular weight is 406 g/mol. The van der Waals surface area contributed by atoms with Crippen LogP contribution in [0.1, 0.15) is 23.6 Å². The molecule has 27 heavy (non-hydrogen) atoms. The molecule has 0 aliphatic rings. The Morgan fingerprint density at radius 3 is 2.52 bits per heavy atom. The zero-order valence-corrected chi connectivity index (χ0v) is 16.5. The highest BCUT2D eigenvalue weighted by atomic mass is 35.5. The van der Waals surface area contributed by atoms with Gasteiger partial charge in [0.1, 0.15) is 6.61 Å². The fraction of sp³-hybridized carbons (Fsp3) is 0.222. The van der Waals surface area contributed by atoms with Crippen molar-refractivity contribution in [3.8, 4) is 5.69 Å². The van der Waals surface area contributed by atoms with Gasteiger partial charge in [0, 0.05) is 28.2 Å². The second-order valence-corrected chi connectivity index (χ2v) is 6.85. The van der Waals surface area contributed by atoms with Gasteiger partial charge in [-0.15, -0.1) is 0 Å². The van der Waals surface area contributed by atoms with Crippen LogP contribution in [0.2, 0.25) is 10.0 Å². The lowest BCUT2D eigenvalue weighted by Crippen LogP contribution is -2.23. The number of hydrogen-bond donors (Lipinski definition) is 0. The van der Waals surface area contributed by atoms with Crippen molar-refractivity contribution in [1.82, 2.24) is 19.8 Å². The van der Waals surface area contributed by atoms with Crippen molar-refractivity contribution in [3.63, 3.8) is 0 Å². The van der Waals surface area contributed by atoms with E-state index >= 15 is 0 Å². The summed E-state index contributed by atoms with van der Waals surface area (Å²) in [5.41, 5.74) is 3.40. The quantitative estimate of drug-likeness (QED) is 0.480. The van der Waals surface area contributed by atoms with Gasteiger partial charge >= 0.3 is 5.69 Å². The van der Waals surface area contributed by atoms with E-state index in [1.807, 2.05) is 19.1 Å². The molecule has 0 atom stereocenters. The predicted octanol–water partition coefficient (Wildman–Crippen LogP) is 3.52. The number of halogens is 2. The topological polar surface area (TPSA) is 74.3 Å². The van der Waals surface area contributed by atoms with Gasteiger partial charge in [-0.3, -0.25) is 0 Å². The molecule has 0 aliphatic heterocycles.